The molecule has 0 amide bonds. The van der Waals surface area contributed by atoms with Gasteiger partial charge in [0.1, 0.15) is 0 Å². The second-order valence-corrected chi connectivity index (χ2v) is 2.32. The fourth-order valence-electron chi connectivity index (χ4n) is 0.784. The fraction of sp³-hybridized carbons (Fsp3) is 0.250. The van der Waals surface area contributed by atoms with Crippen LogP contribution in [-0.4, -0.2) is 17.4 Å². The molecule has 0 saturated carbocycles. The Morgan fingerprint density at radius 1 is 1.62 bits per heavy atom. The summed E-state index contributed by atoms with van der Waals surface area (Å²) in [5.41, 5.74) is 0.297. The van der Waals surface area contributed by atoms with Gasteiger partial charge in [0.25, 0.3) is 0 Å². The van der Waals surface area contributed by atoms with E-state index >= 15 is 0 Å². The highest BCUT2D eigenvalue weighted by atomic mass is 19.3. The van der Waals surface area contributed by atoms with Crippen LogP contribution in [0.25, 0.3) is 0 Å². The number of hydrogen-bond donors (Lipinski definition) is 0. The van der Waals surface area contributed by atoms with E-state index < -0.39 is 6.61 Å². The SMILES string of the molecule is CC(=O)c1ccnc(OC(F)F)c1. The molecular formula is C8H7F2NO2. The fourth-order valence-corrected chi connectivity index (χ4v) is 0.784. The van der Waals surface area contributed by atoms with Crippen LogP contribution in [-0.2, 0) is 0 Å². The minimum absolute atomic E-state index is 0.221. The van der Waals surface area contributed by atoms with E-state index in [-0.39, 0.29) is 11.7 Å². The van der Waals surface area contributed by atoms with Crippen molar-refractivity contribution in [2.45, 2.75) is 13.5 Å². The van der Waals surface area contributed by atoms with Gasteiger partial charge in [0.2, 0.25) is 5.88 Å². The quantitative estimate of drug-likeness (QED) is 0.678. The van der Waals surface area contributed by atoms with Gasteiger partial charge in [0.15, 0.2) is 5.78 Å². The Balaban J connectivity index is 2.85. The van der Waals surface area contributed by atoms with Gasteiger partial charge in [-0.1, -0.05) is 0 Å². The number of carbonyl (C=O) groups excluding carboxylic acids is 1. The van der Waals surface area contributed by atoms with Gasteiger partial charge in [-0.25, -0.2) is 4.98 Å². The van der Waals surface area contributed by atoms with E-state index in [4.69, 9.17) is 0 Å². The number of ether oxygens (including phenoxy) is 1. The van der Waals surface area contributed by atoms with Crippen LogP contribution in [0.3, 0.4) is 0 Å². The first kappa shape index (κ1) is 9.57. The number of pyridine rings is 1. The lowest BCUT2D eigenvalue weighted by Gasteiger charge is -2.03. The third-order valence-electron chi connectivity index (χ3n) is 1.35. The lowest BCUT2D eigenvalue weighted by atomic mass is 10.2. The highest BCUT2D eigenvalue weighted by Gasteiger charge is 2.07. The molecule has 1 rings (SSSR count). The Bertz CT molecular complexity index is 315. The maximum Gasteiger partial charge on any atom is 0.388 e. The molecule has 1 aromatic rings. The number of carbonyl (C=O) groups is 1. The highest BCUT2D eigenvalue weighted by molar-refractivity contribution is 5.94. The van der Waals surface area contributed by atoms with Gasteiger partial charge in [-0.3, -0.25) is 4.79 Å². The molecule has 0 unspecified atom stereocenters. The maximum absolute atomic E-state index is 11.7. The summed E-state index contributed by atoms with van der Waals surface area (Å²) < 4.78 is 27.4. The van der Waals surface area contributed by atoms with E-state index in [0.717, 1.165) is 0 Å². The monoisotopic (exact) mass is 187 g/mol. The highest BCUT2D eigenvalue weighted by Crippen LogP contribution is 2.12. The van der Waals surface area contributed by atoms with Gasteiger partial charge in [-0.2, -0.15) is 8.78 Å². The van der Waals surface area contributed by atoms with Gasteiger partial charge < -0.3 is 4.74 Å². The summed E-state index contributed by atoms with van der Waals surface area (Å²) in [6.45, 7) is -1.59. The summed E-state index contributed by atoms with van der Waals surface area (Å²) in [5, 5.41) is 0. The molecule has 3 nitrogen and oxygen atoms in total. The van der Waals surface area contributed by atoms with Crippen LogP contribution in [0.1, 0.15) is 17.3 Å². The standard InChI is InChI=1S/C8H7F2NO2/c1-5(12)6-2-3-11-7(4-6)13-8(9)10/h2-4,8H,1H3. The molecule has 0 saturated heterocycles. The molecule has 1 aromatic heterocycles. The first-order valence-electron chi connectivity index (χ1n) is 3.51. The summed E-state index contributed by atoms with van der Waals surface area (Å²) in [4.78, 5) is 14.3. The lowest BCUT2D eigenvalue weighted by Crippen LogP contribution is -2.04. The Morgan fingerprint density at radius 2 is 2.31 bits per heavy atom. The Morgan fingerprint density at radius 3 is 2.85 bits per heavy atom. The first-order valence-corrected chi connectivity index (χ1v) is 3.51. The second kappa shape index (κ2) is 3.93. The van der Waals surface area contributed by atoms with Crippen LogP contribution < -0.4 is 4.74 Å². The van der Waals surface area contributed by atoms with Crippen molar-refractivity contribution in [3.8, 4) is 5.88 Å². The number of Topliss-reactive ketones (excluding diaryl/α,β-unsaturated/α-hetero) is 1. The molecule has 70 valence electrons. The molecule has 0 aromatic carbocycles. The molecule has 0 radical (unpaired) electrons. The number of nitrogens with zero attached hydrogens (tertiary/aromatic N) is 1. The number of rotatable bonds is 3. The number of ketones is 1. The zero-order valence-corrected chi connectivity index (χ0v) is 6.83. The molecule has 0 aliphatic rings. The van der Waals surface area contributed by atoms with E-state index in [9.17, 15) is 13.6 Å². The van der Waals surface area contributed by atoms with Gasteiger partial charge in [0.05, 0.1) is 0 Å². The van der Waals surface area contributed by atoms with Crippen molar-refractivity contribution < 1.29 is 18.3 Å². The summed E-state index contributed by atoms with van der Waals surface area (Å²) in [7, 11) is 0. The van der Waals surface area contributed by atoms with Crippen molar-refractivity contribution in [1.82, 2.24) is 4.98 Å². The second-order valence-electron chi connectivity index (χ2n) is 2.32. The summed E-state index contributed by atoms with van der Waals surface area (Å²) in [6, 6.07) is 2.61. The van der Waals surface area contributed by atoms with E-state index in [1.807, 2.05) is 0 Å². The predicted octanol–water partition coefficient (Wildman–Crippen LogP) is 1.89. The summed E-state index contributed by atoms with van der Waals surface area (Å²) in [5.74, 6) is -0.468. The summed E-state index contributed by atoms with van der Waals surface area (Å²) in [6.07, 6.45) is 1.24. The van der Waals surface area contributed by atoms with E-state index in [1.165, 1.54) is 25.3 Å². The molecule has 0 spiro atoms. The van der Waals surface area contributed by atoms with E-state index in [0.29, 0.717) is 5.56 Å². The predicted molar refractivity (Wildman–Crippen MR) is 40.9 cm³/mol. The van der Waals surface area contributed by atoms with Crippen molar-refractivity contribution in [3.05, 3.63) is 23.9 Å². The van der Waals surface area contributed by atoms with Crippen LogP contribution in [0, 0.1) is 0 Å². The molecule has 0 aliphatic heterocycles. The van der Waals surface area contributed by atoms with Crippen molar-refractivity contribution in [1.29, 1.82) is 0 Å². The minimum Gasteiger partial charge on any atom is -0.417 e. The summed E-state index contributed by atoms with van der Waals surface area (Å²) >= 11 is 0. The normalized spacial score (nSPS) is 10.2. The largest absolute Gasteiger partial charge is 0.417 e. The Kier molecular flexibility index (Phi) is 2.89. The van der Waals surface area contributed by atoms with E-state index in [2.05, 4.69) is 9.72 Å². The molecule has 5 heteroatoms. The molecule has 0 bridgehead atoms. The van der Waals surface area contributed by atoms with Crippen LogP contribution in [0.5, 0.6) is 5.88 Å². The van der Waals surface area contributed by atoms with E-state index in [1.54, 1.807) is 0 Å². The van der Waals surface area contributed by atoms with Gasteiger partial charge in [-0.15, -0.1) is 0 Å². The zero-order valence-electron chi connectivity index (χ0n) is 6.83. The van der Waals surface area contributed by atoms with Crippen LogP contribution in [0.4, 0.5) is 8.78 Å². The van der Waals surface area contributed by atoms with Gasteiger partial charge in [0, 0.05) is 17.8 Å². The molecule has 0 atom stereocenters. The number of hydrogen-bond acceptors (Lipinski definition) is 3. The average Bonchev–Trinajstić information content (AvgIpc) is 2.03. The molecule has 0 N–H and O–H groups in total. The van der Waals surface area contributed by atoms with Crippen LogP contribution in [0.2, 0.25) is 0 Å². The van der Waals surface area contributed by atoms with Crippen molar-refractivity contribution in [3.63, 3.8) is 0 Å². The maximum atomic E-state index is 11.7. The molecule has 1 heterocycles. The van der Waals surface area contributed by atoms with Crippen molar-refractivity contribution in [2.24, 2.45) is 0 Å². The molecule has 0 fully saturated rings. The third kappa shape index (κ3) is 2.77. The molecule has 13 heavy (non-hydrogen) atoms. The lowest BCUT2D eigenvalue weighted by molar-refractivity contribution is -0.0528. The van der Waals surface area contributed by atoms with Gasteiger partial charge in [-0.05, 0) is 13.0 Å². The number of aromatic nitrogens is 1. The zero-order chi connectivity index (χ0) is 9.84. The number of halogens is 2. The Hall–Kier alpha value is -1.52. The van der Waals surface area contributed by atoms with Crippen molar-refractivity contribution in [2.75, 3.05) is 0 Å². The number of alkyl halides is 2. The topological polar surface area (TPSA) is 39.2 Å². The minimum atomic E-state index is -2.92. The van der Waals surface area contributed by atoms with Crippen molar-refractivity contribution >= 4 is 5.78 Å². The van der Waals surface area contributed by atoms with Crippen LogP contribution in [0.15, 0.2) is 18.3 Å². The Labute approximate surface area is 73.4 Å². The third-order valence-corrected chi connectivity index (χ3v) is 1.35. The molecule has 0 aliphatic carbocycles. The average molecular weight is 187 g/mol. The first-order chi connectivity index (χ1) is 6.09. The molecular weight excluding hydrogens is 180 g/mol. The van der Waals surface area contributed by atoms with Gasteiger partial charge >= 0.3 is 6.61 Å². The van der Waals surface area contributed by atoms with Crippen LogP contribution >= 0.6 is 0 Å². The smallest absolute Gasteiger partial charge is 0.388 e.